The first-order valence-electron chi connectivity index (χ1n) is 7.45. The second-order valence-corrected chi connectivity index (χ2v) is 4.09. The standard InChI is InChI=1S/C14H12N2O.2C2H6/c15-13-14(17,10-6-2-1-3-7-10)11-8-4-5-9-12(11)16-13;2*1-2/h1-9,17H,(H2,15,16);2*1-2H3. The summed E-state index contributed by atoms with van der Waals surface area (Å²) in [5, 5.41) is 10.8. The Hall–Kier alpha value is -2.13. The first-order valence-corrected chi connectivity index (χ1v) is 7.45. The summed E-state index contributed by atoms with van der Waals surface area (Å²) in [6.07, 6.45) is 0. The van der Waals surface area contributed by atoms with Crippen molar-refractivity contribution in [3.05, 3.63) is 65.7 Å². The van der Waals surface area contributed by atoms with Gasteiger partial charge in [-0.15, -0.1) is 0 Å². The van der Waals surface area contributed by atoms with Gasteiger partial charge < -0.3 is 10.8 Å². The van der Waals surface area contributed by atoms with Crippen molar-refractivity contribution in [2.45, 2.75) is 33.3 Å². The van der Waals surface area contributed by atoms with Crippen LogP contribution >= 0.6 is 0 Å². The van der Waals surface area contributed by atoms with Crippen molar-refractivity contribution in [2.75, 3.05) is 0 Å². The molecule has 0 aromatic heterocycles. The van der Waals surface area contributed by atoms with Gasteiger partial charge in [0.05, 0.1) is 5.69 Å². The van der Waals surface area contributed by atoms with Gasteiger partial charge >= 0.3 is 0 Å². The van der Waals surface area contributed by atoms with E-state index in [1.807, 2.05) is 82.3 Å². The number of hydrogen-bond donors (Lipinski definition) is 2. The number of benzene rings is 2. The van der Waals surface area contributed by atoms with Crippen LogP contribution in [0.3, 0.4) is 0 Å². The van der Waals surface area contributed by atoms with E-state index in [0.29, 0.717) is 0 Å². The highest BCUT2D eigenvalue weighted by Crippen LogP contribution is 2.41. The van der Waals surface area contributed by atoms with E-state index in [0.717, 1.165) is 16.8 Å². The Morgan fingerprint density at radius 2 is 1.38 bits per heavy atom. The fourth-order valence-corrected chi connectivity index (χ4v) is 2.21. The Labute approximate surface area is 127 Å². The first kappa shape index (κ1) is 16.9. The minimum atomic E-state index is -1.29. The van der Waals surface area contributed by atoms with Crippen molar-refractivity contribution in [2.24, 2.45) is 10.7 Å². The van der Waals surface area contributed by atoms with Crippen LogP contribution < -0.4 is 5.73 Å². The molecule has 0 bridgehead atoms. The molecule has 2 aromatic carbocycles. The quantitative estimate of drug-likeness (QED) is 0.832. The van der Waals surface area contributed by atoms with Gasteiger partial charge in [-0.25, -0.2) is 4.99 Å². The Balaban J connectivity index is 0.000000510. The summed E-state index contributed by atoms with van der Waals surface area (Å²) in [4.78, 5) is 4.23. The number of para-hydroxylation sites is 1. The van der Waals surface area contributed by atoms with Crippen molar-refractivity contribution in [3.63, 3.8) is 0 Å². The van der Waals surface area contributed by atoms with Crippen LogP contribution in [0.4, 0.5) is 5.69 Å². The SMILES string of the molecule is CC.CC.NC1=Nc2ccccc2C1(O)c1ccccc1. The van der Waals surface area contributed by atoms with Crippen molar-refractivity contribution in [1.82, 2.24) is 0 Å². The Morgan fingerprint density at radius 3 is 2.00 bits per heavy atom. The van der Waals surface area contributed by atoms with E-state index in [1.165, 1.54) is 0 Å². The number of aliphatic imine (C=N–C) groups is 1. The molecule has 1 heterocycles. The molecule has 0 aliphatic carbocycles. The van der Waals surface area contributed by atoms with E-state index < -0.39 is 5.60 Å². The number of aliphatic hydroxyl groups is 1. The predicted octanol–water partition coefficient (Wildman–Crippen LogP) is 3.98. The molecule has 0 radical (unpaired) electrons. The third kappa shape index (κ3) is 2.98. The molecule has 0 spiro atoms. The van der Waals surface area contributed by atoms with Crippen LogP contribution in [0.5, 0.6) is 0 Å². The average Bonchev–Trinajstić information content (AvgIpc) is 2.84. The number of hydrogen-bond acceptors (Lipinski definition) is 3. The van der Waals surface area contributed by atoms with Crippen LogP contribution in [0.15, 0.2) is 59.6 Å². The molecule has 1 unspecified atom stereocenters. The van der Waals surface area contributed by atoms with Gasteiger partial charge in [-0.2, -0.15) is 0 Å². The summed E-state index contributed by atoms with van der Waals surface area (Å²) in [5.41, 5.74) is 6.82. The molecule has 3 rings (SSSR count). The van der Waals surface area contributed by atoms with Gasteiger partial charge in [-0.05, 0) is 11.6 Å². The number of rotatable bonds is 1. The normalized spacial score (nSPS) is 18.4. The molecule has 3 N–H and O–H groups in total. The largest absolute Gasteiger partial charge is 0.384 e. The maximum atomic E-state index is 10.8. The highest BCUT2D eigenvalue weighted by Gasteiger charge is 2.41. The third-order valence-electron chi connectivity index (χ3n) is 3.10. The van der Waals surface area contributed by atoms with Gasteiger partial charge in [-0.3, -0.25) is 0 Å². The van der Waals surface area contributed by atoms with E-state index >= 15 is 0 Å². The van der Waals surface area contributed by atoms with Gasteiger partial charge in [0.15, 0.2) is 5.60 Å². The van der Waals surface area contributed by atoms with Crippen LogP contribution in [0.25, 0.3) is 0 Å². The van der Waals surface area contributed by atoms with Gasteiger partial charge in [0.25, 0.3) is 0 Å². The zero-order valence-electron chi connectivity index (χ0n) is 13.2. The predicted molar refractivity (Wildman–Crippen MR) is 89.9 cm³/mol. The lowest BCUT2D eigenvalue weighted by atomic mass is 9.86. The van der Waals surface area contributed by atoms with E-state index in [1.54, 1.807) is 0 Å². The third-order valence-corrected chi connectivity index (χ3v) is 3.10. The Bertz CT molecular complexity index is 593. The van der Waals surface area contributed by atoms with Crippen LogP contribution in [0, 0.1) is 0 Å². The molecule has 112 valence electrons. The average molecular weight is 284 g/mol. The molecule has 21 heavy (non-hydrogen) atoms. The maximum absolute atomic E-state index is 10.8. The minimum absolute atomic E-state index is 0.227. The summed E-state index contributed by atoms with van der Waals surface area (Å²) >= 11 is 0. The van der Waals surface area contributed by atoms with Crippen molar-refractivity contribution in [3.8, 4) is 0 Å². The molecule has 1 aliphatic rings. The lowest BCUT2D eigenvalue weighted by Crippen LogP contribution is -2.39. The lowest BCUT2D eigenvalue weighted by molar-refractivity contribution is 0.158. The van der Waals surface area contributed by atoms with E-state index in [-0.39, 0.29) is 5.84 Å². The topological polar surface area (TPSA) is 58.6 Å². The fourth-order valence-electron chi connectivity index (χ4n) is 2.21. The van der Waals surface area contributed by atoms with Crippen molar-refractivity contribution >= 4 is 11.5 Å². The number of amidine groups is 1. The number of fused-ring (bicyclic) bond motifs is 1. The highest BCUT2D eigenvalue weighted by molar-refractivity contribution is 6.00. The summed E-state index contributed by atoms with van der Waals surface area (Å²) in [5.74, 6) is 0.227. The van der Waals surface area contributed by atoms with Gasteiger partial charge in [0, 0.05) is 5.56 Å². The number of nitrogens with two attached hydrogens (primary N) is 1. The lowest BCUT2D eigenvalue weighted by Gasteiger charge is -2.24. The second kappa shape index (κ2) is 7.60. The van der Waals surface area contributed by atoms with Crippen molar-refractivity contribution < 1.29 is 5.11 Å². The van der Waals surface area contributed by atoms with Crippen LogP contribution in [-0.2, 0) is 5.60 Å². The molecule has 3 nitrogen and oxygen atoms in total. The molecule has 1 atom stereocenters. The molecule has 0 amide bonds. The van der Waals surface area contributed by atoms with Gasteiger partial charge in [0.2, 0.25) is 0 Å². The van der Waals surface area contributed by atoms with Gasteiger partial charge in [0.1, 0.15) is 5.84 Å². The number of nitrogens with zero attached hydrogens (tertiary/aromatic N) is 1. The molecule has 0 saturated carbocycles. The van der Waals surface area contributed by atoms with E-state index in [9.17, 15) is 5.11 Å². The highest BCUT2D eigenvalue weighted by atomic mass is 16.3. The second-order valence-electron chi connectivity index (χ2n) is 4.09. The zero-order chi connectivity index (χ0) is 15.9. The van der Waals surface area contributed by atoms with Gasteiger partial charge in [-0.1, -0.05) is 76.2 Å². The molecular formula is C18H24N2O. The van der Waals surface area contributed by atoms with Crippen LogP contribution in [0.2, 0.25) is 0 Å². The summed E-state index contributed by atoms with van der Waals surface area (Å²) < 4.78 is 0. The molecule has 2 aromatic rings. The smallest absolute Gasteiger partial charge is 0.174 e. The molecular weight excluding hydrogens is 260 g/mol. The fraction of sp³-hybridized carbons (Fsp3) is 0.278. The molecule has 0 fully saturated rings. The Kier molecular flexibility index (Phi) is 6.12. The summed E-state index contributed by atoms with van der Waals surface area (Å²) in [6, 6.07) is 16.8. The molecule has 0 saturated heterocycles. The minimum Gasteiger partial charge on any atom is -0.384 e. The monoisotopic (exact) mass is 284 g/mol. The molecule has 1 aliphatic heterocycles. The summed E-state index contributed by atoms with van der Waals surface area (Å²) in [7, 11) is 0. The van der Waals surface area contributed by atoms with Crippen LogP contribution in [-0.4, -0.2) is 10.9 Å². The summed E-state index contributed by atoms with van der Waals surface area (Å²) in [6.45, 7) is 8.00. The first-order chi connectivity index (χ1) is 10.2. The molecule has 3 heteroatoms. The van der Waals surface area contributed by atoms with E-state index in [2.05, 4.69) is 4.99 Å². The maximum Gasteiger partial charge on any atom is 0.174 e. The van der Waals surface area contributed by atoms with E-state index in [4.69, 9.17) is 5.73 Å². The Morgan fingerprint density at radius 1 is 0.857 bits per heavy atom. The van der Waals surface area contributed by atoms with Crippen LogP contribution in [0.1, 0.15) is 38.8 Å². The van der Waals surface area contributed by atoms with Crippen molar-refractivity contribution in [1.29, 1.82) is 0 Å². The zero-order valence-corrected chi connectivity index (χ0v) is 13.2.